The number of pyridine rings is 1. The van der Waals surface area contributed by atoms with Crippen LogP contribution in [-0.4, -0.2) is 50.3 Å². The number of aliphatic carboxylic acids is 1. The van der Waals surface area contributed by atoms with Crippen LogP contribution >= 0.6 is 0 Å². The molecule has 0 aromatic carbocycles. The summed E-state index contributed by atoms with van der Waals surface area (Å²) in [6.45, 7) is -0.758. The predicted octanol–water partition coefficient (Wildman–Crippen LogP) is 1.25. The van der Waals surface area contributed by atoms with Gasteiger partial charge in [-0.15, -0.1) is 0 Å². The fourth-order valence-corrected chi connectivity index (χ4v) is 4.33. The van der Waals surface area contributed by atoms with E-state index in [1.807, 2.05) is 5.32 Å². The quantitative estimate of drug-likeness (QED) is 0.462. The van der Waals surface area contributed by atoms with Gasteiger partial charge in [-0.05, 0) is 25.7 Å². The van der Waals surface area contributed by atoms with E-state index in [0.29, 0.717) is 12.8 Å². The minimum Gasteiger partial charge on any atom is -0.506 e. The van der Waals surface area contributed by atoms with E-state index in [1.165, 1.54) is 0 Å². The minimum absolute atomic E-state index is 0.124. The summed E-state index contributed by atoms with van der Waals surface area (Å²) in [5.41, 5.74) is -2.23. The van der Waals surface area contributed by atoms with Crippen LogP contribution in [0.15, 0.2) is 4.79 Å². The number of carboxylic acid groups (broad SMARTS) is 1. The Morgan fingerprint density at radius 1 is 0.900 bits per heavy atom. The summed E-state index contributed by atoms with van der Waals surface area (Å²) >= 11 is 0. The van der Waals surface area contributed by atoms with E-state index in [2.05, 4.69) is 5.32 Å². The van der Waals surface area contributed by atoms with Gasteiger partial charge in [-0.2, -0.15) is 0 Å². The molecule has 0 atom stereocenters. The van der Waals surface area contributed by atoms with Gasteiger partial charge in [0.1, 0.15) is 17.7 Å². The number of hydrogen-bond donors (Lipinski definition) is 5. The average molecular weight is 421 g/mol. The predicted molar refractivity (Wildman–Crippen MR) is 106 cm³/mol. The highest BCUT2D eigenvalue weighted by molar-refractivity contribution is 6.05. The molecule has 2 saturated carbocycles. The van der Waals surface area contributed by atoms with Gasteiger partial charge in [-0.3, -0.25) is 23.7 Å². The molecule has 1 aromatic heterocycles. The molecule has 3 rings (SSSR count). The molecule has 0 aliphatic heterocycles. The van der Waals surface area contributed by atoms with Gasteiger partial charge < -0.3 is 26.0 Å². The summed E-state index contributed by atoms with van der Waals surface area (Å²) in [6, 6.07) is -0.536. The molecule has 10 heteroatoms. The minimum atomic E-state index is -1.33. The molecule has 0 saturated heterocycles. The highest BCUT2D eigenvalue weighted by Gasteiger charge is 2.33. The van der Waals surface area contributed by atoms with E-state index in [0.717, 1.165) is 49.5 Å². The molecule has 30 heavy (non-hydrogen) atoms. The Hall–Kier alpha value is -3.04. The molecule has 0 bridgehead atoms. The largest absolute Gasteiger partial charge is 0.506 e. The highest BCUT2D eigenvalue weighted by Crippen LogP contribution is 2.36. The molecule has 1 aromatic rings. The molecule has 2 aliphatic rings. The van der Waals surface area contributed by atoms with Crippen LogP contribution in [0.25, 0.3) is 0 Å². The van der Waals surface area contributed by atoms with Crippen LogP contribution in [0.5, 0.6) is 11.6 Å². The summed E-state index contributed by atoms with van der Waals surface area (Å²) < 4.78 is 0.984. The number of amides is 2. The zero-order chi connectivity index (χ0) is 21.8. The second-order valence-corrected chi connectivity index (χ2v) is 7.92. The first-order valence-corrected chi connectivity index (χ1v) is 10.3. The Morgan fingerprint density at radius 3 is 2.10 bits per heavy atom. The molecule has 1 heterocycles. The zero-order valence-corrected chi connectivity index (χ0v) is 16.6. The molecule has 0 unspecified atom stereocenters. The van der Waals surface area contributed by atoms with Gasteiger partial charge in [0.05, 0.1) is 0 Å². The highest BCUT2D eigenvalue weighted by atomic mass is 16.4. The lowest BCUT2D eigenvalue weighted by Crippen LogP contribution is -2.40. The van der Waals surface area contributed by atoms with Gasteiger partial charge >= 0.3 is 5.97 Å². The standard InChI is InChI=1S/C20H27N3O7/c24-13(25)10-21-17(27)14-16(26)15(18(28)22-11-6-2-1-3-7-11)20(30)23(19(14)29)12-8-4-5-9-12/h11-12,26,30H,1-10H2,(H,21,27)(H,22,28)(H,24,25). The van der Waals surface area contributed by atoms with Crippen molar-refractivity contribution in [2.75, 3.05) is 6.54 Å². The summed E-state index contributed by atoms with van der Waals surface area (Å²) in [4.78, 5) is 49.1. The van der Waals surface area contributed by atoms with Crippen LogP contribution in [0, 0.1) is 0 Å². The number of nitrogens with zero attached hydrogens (tertiary/aromatic N) is 1. The number of hydrogen-bond acceptors (Lipinski definition) is 6. The van der Waals surface area contributed by atoms with Crippen molar-refractivity contribution >= 4 is 17.8 Å². The lowest BCUT2D eigenvalue weighted by atomic mass is 9.95. The number of rotatable bonds is 6. The Labute approximate surface area is 172 Å². The van der Waals surface area contributed by atoms with Crippen LogP contribution in [0.4, 0.5) is 0 Å². The third kappa shape index (κ3) is 4.42. The second kappa shape index (κ2) is 9.19. The number of carboxylic acids is 1. The SMILES string of the molecule is O=C(O)CNC(=O)c1c(O)c(C(=O)NC2CCCCC2)c(O)n(C2CCCC2)c1=O. The Morgan fingerprint density at radius 2 is 1.50 bits per heavy atom. The molecular formula is C20H27N3O7. The monoisotopic (exact) mass is 421 g/mol. The first-order chi connectivity index (χ1) is 14.3. The number of aromatic nitrogens is 1. The number of carbonyl (C=O) groups excluding carboxylic acids is 2. The van der Waals surface area contributed by atoms with Crippen LogP contribution in [0.2, 0.25) is 0 Å². The first-order valence-electron chi connectivity index (χ1n) is 10.3. The molecule has 164 valence electrons. The summed E-state index contributed by atoms with van der Waals surface area (Å²) in [6.07, 6.45) is 7.31. The van der Waals surface area contributed by atoms with Gasteiger partial charge in [0, 0.05) is 12.1 Å². The molecular weight excluding hydrogens is 394 g/mol. The maximum Gasteiger partial charge on any atom is 0.322 e. The number of aromatic hydroxyl groups is 2. The second-order valence-electron chi connectivity index (χ2n) is 7.92. The summed E-state index contributed by atoms with van der Waals surface area (Å²) in [7, 11) is 0. The fraction of sp³-hybridized carbons (Fsp3) is 0.600. The van der Waals surface area contributed by atoms with Crippen LogP contribution in [0.1, 0.15) is 84.5 Å². The van der Waals surface area contributed by atoms with Crippen molar-refractivity contribution in [1.82, 2.24) is 15.2 Å². The molecule has 0 spiro atoms. The maximum absolute atomic E-state index is 13.0. The lowest BCUT2D eigenvalue weighted by Gasteiger charge is -2.24. The summed E-state index contributed by atoms with van der Waals surface area (Å²) in [5, 5.41) is 35.0. The molecule has 2 aliphatic carbocycles. The summed E-state index contributed by atoms with van der Waals surface area (Å²) in [5.74, 6) is -4.82. The maximum atomic E-state index is 13.0. The molecule has 10 nitrogen and oxygen atoms in total. The molecule has 5 N–H and O–H groups in total. The van der Waals surface area contributed by atoms with Crippen LogP contribution in [-0.2, 0) is 4.79 Å². The Kier molecular flexibility index (Phi) is 6.63. The van der Waals surface area contributed by atoms with Crippen molar-refractivity contribution in [1.29, 1.82) is 0 Å². The van der Waals surface area contributed by atoms with Gasteiger partial charge in [0.15, 0.2) is 5.75 Å². The van der Waals surface area contributed by atoms with E-state index < -0.39 is 58.7 Å². The average Bonchev–Trinajstić information content (AvgIpc) is 3.21. The topological polar surface area (TPSA) is 158 Å². The van der Waals surface area contributed by atoms with Crippen molar-refractivity contribution < 1.29 is 29.7 Å². The normalized spacial score (nSPS) is 17.6. The van der Waals surface area contributed by atoms with E-state index in [4.69, 9.17) is 5.11 Å². The Balaban J connectivity index is 2.05. The van der Waals surface area contributed by atoms with Gasteiger partial charge in [0.25, 0.3) is 17.4 Å². The van der Waals surface area contributed by atoms with Crippen LogP contribution in [0.3, 0.4) is 0 Å². The van der Waals surface area contributed by atoms with Gasteiger partial charge in [-0.1, -0.05) is 32.1 Å². The number of nitrogens with one attached hydrogen (secondary N) is 2. The van der Waals surface area contributed by atoms with Crippen molar-refractivity contribution in [3.8, 4) is 11.6 Å². The van der Waals surface area contributed by atoms with Crippen molar-refractivity contribution in [2.45, 2.75) is 69.9 Å². The molecule has 2 fully saturated rings. The third-order valence-corrected chi connectivity index (χ3v) is 5.84. The van der Waals surface area contributed by atoms with Crippen molar-refractivity contribution in [3.05, 3.63) is 21.5 Å². The van der Waals surface area contributed by atoms with E-state index in [-0.39, 0.29) is 6.04 Å². The van der Waals surface area contributed by atoms with E-state index in [1.54, 1.807) is 0 Å². The molecule has 0 radical (unpaired) electrons. The fourth-order valence-electron chi connectivity index (χ4n) is 4.33. The zero-order valence-electron chi connectivity index (χ0n) is 16.6. The van der Waals surface area contributed by atoms with Crippen molar-refractivity contribution in [3.63, 3.8) is 0 Å². The lowest BCUT2D eigenvalue weighted by molar-refractivity contribution is -0.135. The third-order valence-electron chi connectivity index (χ3n) is 5.84. The van der Waals surface area contributed by atoms with Crippen molar-refractivity contribution in [2.24, 2.45) is 0 Å². The first kappa shape index (κ1) is 21.7. The van der Waals surface area contributed by atoms with E-state index in [9.17, 15) is 29.4 Å². The van der Waals surface area contributed by atoms with E-state index >= 15 is 0 Å². The van der Waals surface area contributed by atoms with Crippen LogP contribution < -0.4 is 16.2 Å². The van der Waals surface area contributed by atoms with Gasteiger partial charge in [-0.25, -0.2) is 0 Å². The Bertz CT molecular complexity index is 897. The van der Waals surface area contributed by atoms with Gasteiger partial charge in [0.2, 0.25) is 5.88 Å². The smallest absolute Gasteiger partial charge is 0.322 e. The molecule has 2 amide bonds. The number of carbonyl (C=O) groups is 3.